The maximum Gasteiger partial charge on any atom is 0.117 e. The summed E-state index contributed by atoms with van der Waals surface area (Å²) in [6, 6.07) is 8.08. The molecule has 0 unspecified atom stereocenters. The molecular weight excluding hydrogens is 314 g/mol. The fraction of sp³-hybridized carbons (Fsp3) is 0.550. The quantitative estimate of drug-likeness (QED) is 0.808. The van der Waals surface area contributed by atoms with Crippen LogP contribution >= 0.6 is 0 Å². The number of nitrogens with zero attached hydrogens (tertiary/aromatic N) is 3. The van der Waals surface area contributed by atoms with Gasteiger partial charge in [-0.3, -0.25) is 9.88 Å². The summed E-state index contributed by atoms with van der Waals surface area (Å²) < 4.78 is 11.6. The standard InChI is InChI=1S/C20H27N3O2/c1-22-11-18(14-24-13-17-4-2-7-21-10-17)20(15-22)6-8-23(16-20)12-19-5-3-9-25-19/h2-5,7,9-10,18H,6,8,11-16H2,1H3/t18-,20-/m0/s1. The molecule has 134 valence electrons. The van der Waals surface area contributed by atoms with E-state index in [2.05, 4.69) is 34.0 Å². The minimum absolute atomic E-state index is 0.357. The Hall–Kier alpha value is -1.69. The van der Waals surface area contributed by atoms with E-state index in [-0.39, 0.29) is 0 Å². The second-order valence-electron chi connectivity index (χ2n) is 7.67. The van der Waals surface area contributed by atoms with Crippen molar-refractivity contribution < 1.29 is 9.15 Å². The third-order valence-electron chi connectivity index (χ3n) is 5.72. The average molecular weight is 341 g/mol. The molecule has 4 rings (SSSR count). The summed E-state index contributed by atoms with van der Waals surface area (Å²) in [7, 11) is 2.23. The third-order valence-corrected chi connectivity index (χ3v) is 5.72. The molecule has 2 saturated heterocycles. The number of aromatic nitrogens is 1. The normalized spacial score (nSPS) is 27.5. The maximum absolute atomic E-state index is 6.08. The zero-order valence-electron chi connectivity index (χ0n) is 14.9. The van der Waals surface area contributed by atoms with Crippen LogP contribution < -0.4 is 0 Å². The molecule has 25 heavy (non-hydrogen) atoms. The fourth-order valence-corrected chi connectivity index (χ4v) is 4.54. The van der Waals surface area contributed by atoms with Crippen molar-refractivity contribution in [2.24, 2.45) is 11.3 Å². The molecule has 2 atom stereocenters. The van der Waals surface area contributed by atoms with Crippen LogP contribution in [0.3, 0.4) is 0 Å². The number of rotatable bonds is 6. The van der Waals surface area contributed by atoms with Gasteiger partial charge in [0.2, 0.25) is 0 Å². The molecule has 4 heterocycles. The molecular formula is C20H27N3O2. The van der Waals surface area contributed by atoms with Gasteiger partial charge in [-0.15, -0.1) is 0 Å². The Kier molecular flexibility index (Phi) is 4.88. The van der Waals surface area contributed by atoms with Gasteiger partial charge in [-0.05, 0) is 43.8 Å². The van der Waals surface area contributed by atoms with Gasteiger partial charge in [0, 0.05) is 43.4 Å². The first-order chi connectivity index (χ1) is 12.2. The summed E-state index contributed by atoms with van der Waals surface area (Å²) in [5.74, 6) is 1.66. The van der Waals surface area contributed by atoms with Crippen molar-refractivity contribution in [1.82, 2.24) is 14.8 Å². The van der Waals surface area contributed by atoms with Gasteiger partial charge < -0.3 is 14.1 Å². The lowest BCUT2D eigenvalue weighted by atomic mass is 9.77. The fourth-order valence-electron chi connectivity index (χ4n) is 4.54. The van der Waals surface area contributed by atoms with Gasteiger partial charge in [0.1, 0.15) is 5.76 Å². The molecule has 2 fully saturated rings. The Bertz CT molecular complexity index is 661. The van der Waals surface area contributed by atoms with Crippen molar-refractivity contribution in [3.8, 4) is 0 Å². The van der Waals surface area contributed by atoms with Crippen LogP contribution in [0.25, 0.3) is 0 Å². The van der Waals surface area contributed by atoms with Gasteiger partial charge in [-0.2, -0.15) is 0 Å². The molecule has 5 nitrogen and oxygen atoms in total. The Balaban J connectivity index is 1.34. The van der Waals surface area contributed by atoms with Crippen LogP contribution in [0.15, 0.2) is 47.3 Å². The first-order valence-corrected chi connectivity index (χ1v) is 9.13. The molecule has 2 aliphatic rings. The van der Waals surface area contributed by atoms with E-state index >= 15 is 0 Å². The van der Waals surface area contributed by atoms with Crippen molar-refractivity contribution in [1.29, 1.82) is 0 Å². The van der Waals surface area contributed by atoms with E-state index in [1.807, 2.05) is 18.3 Å². The van der Waals surface area contributed by atoms with Crippen molar-refractivity contribution >= 4 is 0 Å². The van der Waals surface area contributed by atoms with E-state index in [0.29, 0.717) is 17.9 Å². The summed E-state index contributed by atoms with van der Waals surface area (Å²) in [5, 5.41) is 0. The lowest BCUT2D eigenvalue weighted by Crippen LogP contribution is -2.36. The molecule has 0 N–H and O–H groups in total. The van der Waals surface area contributed by atoms with Crippen LogP contribution in [0.4, 0.5) is 0 Å². The smallest absolute Gasteiger partial charge is 0.117 e. The Morgan fingerprint density at radius 2 is 2.28 bits per heavy atom. The number of hydrogen-bond acceptors (Lipinski definition) is 5. The summed E-state index contributed by atoms with van der Waals surface area (Å²) in [5.41, 5.74) is 1.50. The Labute approximate surface area is 149 Å². The van der Waals surface area contributed by atoms with Crippen LogP contribution in [0.2, 0.25) is 0 Å². The van der Waals surface area contributed by atoms with E-state index in [9.17, 15) is 0 Å². The summed E-state index contributed by atoms with van der Waals surface area (Å²) in [6.07, 6.45) is 6.70. The number of hydrogen-bond donors (Lipinski definition) is 0. The molecule has 0 amide bonds. The molecule has 2 aliphatic heterocycles. The SMILES string of the molecule is CN1C[C@@H](COCc2cccnc2)[C@@]2(CCN(Cc3ccco3)C2)C1. The number of furan rings is 1. The van der Waals surface area contributed by atoms with Crippen LogP contribution in [0.5, 0.6) is 0 Å². The van der Waals surface area contributed by atoms with Crippen LogP contribution in [-0.4, -0.2) is 54.6 Å². The van der Waals surface area contributed by atoms with E-state index in [4.69, 9.17) is 9.15 Å². The molecule has 0 aliphatic carbocycles. The van der Waals surface area contributed by atoms with Crippen molar-refractivity contribution in [2.45, 2.75) is 19.6 Å². The summed E-state index contributed by atoms with van der Waals surface area (Å²) >= 11 is 0. The molecule has 0 bridgehead atoms. The van der Waals surface area contributed by atoms with E-state index in [0.717, 1.165) is 44.1 Å². The van der Waals surface area contributed by atoms with Crippen LogP contribution in [0.1, 0.15) is 17.7 Å². The second-order valence-corrected chi connectivity index (χ2v) is 7.67. The zero-order chi connectivity index (χ0) is 17.1. The van der Waals surface area contributed by atoms with Crippen molar-refractivity contribution in [3.05, 3.63) is 54.2 Å². The predicted octanol–water partition coefficient (Wildman–Crippen LogP) is 2.65. The minimum atomic E-state index is 0.357. The topological polar surface area (TPSA) is 41.7 Å². The highest BCUT2D eigenvalue weighted by Crippen LogP contribution is 2.44. The molecule has 2 aromatic rings. The van der Waals surface area contributed by atoms with Crippen LogP contribution in [-0.2, 0) is 17.9 Å². The van der Waals surface area contributed by atoms with Gasteiger partial charge in [-0.1, -0.05) is 6.07 Å². The largest absolute Gasteiger partial charge is 0.468 e. The lowest BCUT2D eigenvalue weighted by Gasteiger charge is -2.30. The van der Waals surface area contributed by atoms with Gasteiger partial charge >= 0.3 is 0 Å². The monoisotopic (exact) mass is 341 g/mol. The highest BCUT2D eigenvalue weighted by molar-refractivity contribution is 5.07. The zero-order valence-corrected chi connectivity index (χ0v) is 14.9. The number of likely N-dealkylation sites (tertiary alicyclic amines) is 2. The number of pyridine rings is 1. The highest BCUT2D eigenvalue weighted by atomic mass is 16.5. The summed E-state index contributed by atoms with van der Waals surface area (Å²) in [6.45, 7) is 6.98. The second kappa shape index (κ2) is 7.28. The van der Waals surface area contributed by atoms with E-state index in [1.54, 1.807) is 12.5 Å². The minimum Gasteiger partial charge on any atom is -0.468 e. The molecule has 0 saturated carbocycles. The maximum atomic E-state index is 6.08. The lowest BCUT2D eigenvalue weighted by molar-refractivity contribution is 0.0512. The molecule has 0 radical (unpaired) electrons. The van der Waals surface area contributed by atoms with Gasteiger partial charge in [-0.25, -0.2) is 0 Å². The van der Waals surface area contributed by atoms with E-state index in [1.165, 1.54) is 13.0 Å². The predicted molar refractivity (Wildman–Crippen MR) is 95.9 cm³/mol. The van der Waals surface area contributed by atoms with Gasteiger partial charge in [0.05, 0.1) is 26.0 Å². The van der Waals surface area contributed by atoms with Gasteiger partial charge in [0.15, 0.2) is 0 Å². The van der Waals surface area contributed by atoms with Crippen molar-refractivity contribution in [3.63, 3.8) is 0 Å². The first-order valence-electron chi connectivity index (χ1n) is 9.13. The average Bonchev–Trinajstić information content (AvgIpc) is 3.32. The molecule has 0 aromatic carbocycles. The Morgan fingerprint density at radius 1 is 1.32 bits per heavy atom. The Morgan fingerprint density at radius 3 is 3.08 bits per heavy atom. The molecule has 2 aromatic heterocycles. The van der Waals surface area contributed by atoms with Crippen molar-refractivity contribution in [2.75, 3.05) is 39.8 Å². The highest BCUT2D eigenvalue weighted by Gasteiger charge is 2.49. The van der Waals surface area contributed by atoms with Crippen LogP contribution in [0, 0.1) is 11.3 Å². The van der Waals surface area contributed by atoms with Gasteiger partial charge in [0.25, 0.3) is 0 Å². The molecule has 5 heteroatoms. The molecule has 1 spiro atoms. The third kappa shape index (κ3) is 3.78. The first kappa shape index (κ1) is 16.8. The van der Waals surface area contributed by atoms with E-state index < -0.39 is 0 Å². The summed E-state index contributed by atoms with van der Waals surface area (Å²) in [4.78, 5) is 9.16. The number of ether oxygens (including phenoxy) is 1.